The minimum atomic E-state index is -0.528. The third-order valence-electron chi connectivity index (χ3n) is 3.46. The number of carbonyl (C=O) groups excluding carboxylic acids is 3. The average Bonchev–Trinajstić information content (AvgIpc) is 2.62. The molecule has 0 fully saturated rings. The predicted molar refractivity (Wildman–Crippen MR) is 97.4 cm³/mol. The van der Waals surface area contributed by atoms with E-state index in [4.69, 9.17) is 9.47 Å². The molecule has 1 atom stereocenters. The van der Waals surface area contributed by atoms with Crippen LogP contribution in [0.3, 0.4) is 0 Å². The smallest absolute Gasteiger partial charge is 0.338 e. The van der Waals surface area contributed by atoms with Gasteiger partial charge in [-0.3, -0.25) is 4.79 Å². The molecule has 1 aromatic rings. The summed E-state index contributed by atoms with van der Waals surface area (Å²) < 4.78 is 10.3. The number of carbonyl (C=O) groups is 3. The maximum Gasteiger partial charge on any atom is 0.338 e. The van der Waals surface area contributed by atoms with Gasteiger partial charge in [0.25, 0.3) is 0 Å². The first-order chi connectivity index (χ1) is 12.3. The number of ketones is 1. The lowest BCUT2D eigenvalue weighted by Gasteiger charge is -2.16. The monoisotopic (exact) mass is 351 g/mol. The Balaban J connectivity index is 1.99. The third kappa shape index (κ3) is 4.89. The average molecular weight is 351 g/mol. The van der Waals surface area contributed by atoms with E-state index in [1.54, 1.807) is 62.8 Å². The standard InChI is InChI=1S/C21H19O5/c1-13(2)20(23)25-17-9-5-15(6-10-17)19(22)16-7-11-18(12-8-16)26-21(24)14(3)4/h5-12,17H,1,3H2,2,4H3. The van der Waals surface area contributed by atoms with Gasteiger partial charge < -0.3 is 9.47 Å². The summed E-state index contributed by atoms with van der Waals surface area (Å²) >= 11 is 0. The minimum absolute atomic E-state index is 0.194. The van der Waals surface area contributed by atoms with Gasteiger partial charge in [0, 0.05) is 28.7 Å². The molecule has 5 heteroatoms. The Bertz CT molecular complexity index is 824. The molecule has 0 aliphatic heterocycles. The van der Waals surface area contributed by atoms with Crippen molar-refractivity contribution in [3.05, 3.63) is 84.4 Å². The van der Waals surface area contributed by atoms with Gasteiger partial charge in [-0.15, -0.1) is 0 Å². The van der Waals surface area contributed by atoms with E-state index in [1.807, 2.05) is 0 Å². The molecule has 0 saturated carbocycles. The Morgan fingerprint density at radius 3 is 2.08 bits per heavy atom. The molecule has 26 heavy (non-hydrogen) atoms. The predicted octanol–water partition coefficient (Wildman–Crippen LogP) is 3.54. The molecule has 0 amide bonds. The lowest BCUT2D eigenvalue weighted by atomic mass is 9.97. The number of esters is 2. The van der Waals surface area contributed by atoms with E-state index >= 15 is 0 Å². The molecule has 0 heterocycles. The summed E-state index contributed by atoms with van der Waals surface area (Å²) in [5.41, 5.74) is 1.51. The first-order valence-corrected chi connectivity index (χ1v) is 7.90. The fourth-order valence-electron chi connectivity index (χ4n) is 2.01. The number of hydrogen-bond donors (Lipinski definition) is 0. The second-order valence-corrected chi connectivity index (χ2v) is 5.85. The van der Waals surface area contributed by atoms with Gasteiger partial charge in [0.15, 0.2) is 5.78 Å². The second-order valence-electron chi connectivity index (χ2n) is 5.85. The summed E-state index contributed by atoms with van der Waals surface area (Å²) in [6.45, 7) is 10.1. The number of rotatable bonds is 6. The number of ether oxygens (including phenoxy) is 2. The van der Waals surface area contributed by atoms with Gasteiger partial charge in [-0.2, -0.15) is 0 Å². The van der Waals surface area contributed by atoms with Crippen molar-refractivity contribution in [1.82, 2.24) is 0 Å². The van der Waals surface area contributed by atoms with Crippen LogP contribution in [-0.2, 0) is 14.3 Å². The molecule has 0 N–H and O–H groups in total. The highest BCUT2D eigenvalue weighted by Crippen LogP contribution is 2.20. The molecule has 1 radical (unpaired) electrons. The van der Waals surface area contributed by atoms with Crippen LogP contribution >= 0.6 is 0 Å². The Morgan fingerprint density at radius 1 is 0.962 bits per heavy atom. The summed E-state index contributed by atoms with van der Waals surface area (Å²) in [7, 11) is 0. The summed E-state index contributed by atoms with van der Waals surface area (Å²) in [6.07, 6.45) is 5.93. The molecule has 133 valence electrons. The van der Waals surface area contributed by atoms with E-state index in [-0.39, 0.29) is 5.78 Å². The van der Waals surface area contributed by atoms with Crippen LogP contribution in [0.15, 0.2) is 72.4 Å². The van der Waals surface area contributed by atoms with E-state index in [1.165, 1.54) is 0 Å². The summed E-state index contributed by atoms with van der Waals surface area (Å²) in [6, 6.07) is 6.24. The van der Waals surface area contributed by atoms with Crippen molar-refractivity contribution in [1.29, 1.82) is 0 Å². The van der Waals surface area contributed by atoms with Crippen LogP contribution in [0.5, 0.6) is 5.75 Å². The number of allylic oxidation sites excluding steroid dienone is 2. The van der Waals surface area contributed by atoms with E-state index in [0.717, 1.165) is 0 Å². The van der Waals surface area contributed by atoms with Crippen molar-refractivity contribution in [2.24, 2.45) is 0 Å². The Kier molecular flexibility index (Phi) is 6.07. The zero-order valence-electron chi connectivity index (χ0n) is 14.7. The first-order valence-electron chi connectivity index (χ1n) is 7.90. The molecule has 0 saturated heterocycles. The summed E-state index contributed by atoms with van der Waals surface area (Å²) in [4.78, 5) is 35.5. The number of hydrogen-bond acceptors (Lipinski definition) is 5. The maximum absolute atomic E-state index is 12.5. The lowest BCUT2D eigenvalue weighted by molar-refractivity contribution is -0.140. The Hall–Kier alpha value is -3.21. The highest BCUT2D eigenvalue weighted by atomic mass is 16.5. The normalized spacial score (nSPS) is 15.6. The molecule has 2 rings (SSSR count). The van der Waals surface area contributed by atoms with Crippen molar-refractivity contribution in [2.75, 3.05) is 0 Å². The van der Waals surface area contributed by atoms with Gasteiger partial charge in [-0.25, -0.2) is 9.59 Å². The van der Waals surface area contributed by atoms with E-state index in [2.05, 4.69) is 13.2 Å². The molecule has 1 unspecified atom stereocenters. The maximum atomic E-state index is 12.5. The van der Waals surface area contributed by atoms with Crippen molar-refractivity contribution >= 4 is 17.7 Å². The number of benzene rings is 1. The van der Waals surface area contributed by atoms with Crippen molar-refractivity contribution in [3.8, 4) is 5.75 Å². The zero-order chi connectivity index (χ0) is 19.3. The largest absolute Gasteiger partial charge is 0.454 e. The molecular weight excluding hydrogens is 332 g/mol. The van der Waals surface area contributed by atoms with Gasteiger partial charge in [0.05, 0.1) is 0 Å². The molecule has 0 aromatic heterocycles. The van der Waals surface area contributed by atoms with Gasteiger partial charge in [0.1, 0.15) is 11.9 Å². The van der Waals surface area contributed by atoms with Crippen LogP contribution in [0.4, 0.5) is 0 Å². The minimum Gasteiger partial charge on any atom is -0.454 e. The lowest BCUT2D eigenvalue weighted by Crippen LogP contribution is -2.19. The summed E-state index contributed by atoms with van der Waals surface area (Å²) in [5.74, 6) is -0.869. The SMILES string of the molecule is C=C(C)C(=O)Oc1ccc(C(=O)C2=C[CH]C(OC(=O)C(=C)C)C=C2)cc1. The van der Waals surface area contributed by atoms with Gasteiger partial charge in [-0.1, -0.05) is 25.3 Å². The Morgan fingerprint density at radius 2 is 1.58 bits per heavy atom. The van der Waals surface area contributed by atoms with Gasteiger partial charge >= 0.3 is 11.9 Å². The Labute approximate surface area is 152 Å². The second kappa shape index (κ2) is 8.25. The third-order valence-corrected chi connectivity index (χ3v) is 3.46. The van der Waals surface area contributed by atoms with Crippen LogP contribution in [0.2, 0.25) is 0 Å². The number of Topliss-reactive ketones (excluding diaryl/α,β-unsaturated/α-hetero) is 1. The van der Waals surface area contributed by atoms with Crippen LogP contribution in [0.1, 0.15) is 24.2 Å². The molecule has 1 aromatic carbocycles. The molecule has 5 nitrogen and oxygen atoms in total. The first kappa shape index (κ1) is 19.1. The summed E-state index contributed by atoms with van der Waals surface area (Å²) in [5, 5.41) is 0. The van der Waals surface area contributed by atoms with Crippen molar-refractivity contribution in [3.63, 3.8) is 0 Å². The van der Waals surface area contributed by atoms with Crippen LogP contribution in [-0.4, -0.2) is 23.8 Å². The molecule has 1 aliphatic carbocycles. The zero-order valence-corrected chi connectivity index (χ0v) is 14.7. The van der Waals surface area contributed by atoms with E-state index < -0.39 is 18.0 Å². The van der Waals surface area contributed by atoms with Gasteiger partial charge in [0.2, 0.25) is 0 Å². The van der Waals surface area contributed by atoms with E-state index in [9.17, 15) is 14.4 Å². The van der Waals surface area contributed by atoms with Crippen LogP contribution < -0.4 is 4.74 Å². The van der Waals surface area contributed by atoms with Gasteiger partial charge in [-0.05, 0) is 44.2 Å². The molecule has 0 bridgehead atoms. The fraction of sp³-hybridized carbons (Fsp3) is 0.143. The van der Waals surface area contributed by atoms with Crippen LogP contribution in [0, 0.1) is 6.42 Å². The highest BCUT2D eigenvalue weighted by Gasteiger charge is 2.18. The van der Waals surface area contributed by atoms with Crippen molar-refractivity contribution < 1.29 is 23.9 Å². The molecule has 1 aliphatic rings. The molecular formula is C21H19O5. The quantitative estimate of drug-likeness (QED) is 0.339. The van der Waals surface area contributed by atoms with Crippen molar-refractivity contribution in [2.45, 2.75) is 20.0 Å². The topological polar surface area (TPSA) is 69.7 Å². The molecule has 0 spiro atoms. The highest BCUT2D eigenvalue weighted by molar-refractivity contribution is 6.11. The van der Waals surface area contributed by atoms with E-state index in [0.29, 0.717) is 28.0 Å². The fourth-order valence-corrected chi connectivity index (χ4v) is 2.01. The van der Waals surface area contributed by atoms with Crippen LogP contribution in [0.25, 0.3) is 0 Å².